The van der Waals surface area contributed by atoms with Crippen LogP contribution in [0.4, 0.5) is 4.79 Å². The molecule has 1 aromatic carbocycles. The van der Waals surface area contributed by atoms with Crippen molar-refractivity contribution in [2.24, 2.45) is 5.92 Å². The molecule has 0 saturated heterocycles. The molecule has 5 heteroatoms. The Morgan fingerprint density at radius 1 is 1.17 bits per heavy atom. The molecule has 0 aliphatic carbocycles. The predicted octanol–water partition coefficient (Wildman–Crippen LogP) is 2.51. The molecule has 1 atom stereocenters. The Hall–Kier alpha value is -2.30. The van der Waals surface area contributed by atoms with Crippen molar-refractivity contribution in [2.45, 2.75) is 39.8 Å². The normalized spacial score (nSPS) is 11.7. The van der Waals surface area contributed by atoms with E-state index in [9.17, 15) is 9.59 Å². The van der Waals surface area contributed by atoms with Gasteiger partial charge in [0.15, 0.2) is 0 Å². The van der Waals surface area contributed by atoms with Gasteiger partial charge in [0.2, 0.25) is 5.91 Å². The van der Waals surface area contributed by atoms with Gasteiger partial charge in [-0.15, -0.1) is 6.58 Å². The van der Waals surface area contributed by atoms with Crippen LogP contribution in [-0.4, -0.2) is 24.5 Å². The summed E-state index contributed by atoms with van der Waals surface area (Å²) in [7, 11) is 0. The lowest BCUT2D eigenvalue weighted by molar-refractivity contribution is -0.123. The second-order valence-corrected chi connectivity index (χ2v) is 6.03. The molecule has 126 valence electrons. The molecular formula is C18H27N3O2. The number of rotatable bonds is 8. The molecule has 0 heterocycles. The molecule has 0 fully saturated rings. The fourth-order valence-corrected chi connectivity index (χ4v) is 2.10. The van der Waals surface area contributed by atoms with E-state index in [1.165, 1.54) is 5.56 Å². The van der Waals surface area contributed by atoms with Gasteiger partial charge in [-0.2, -0.15) is 0 Å². The van der Waals surface area contributed by atoms with Crippen molar-refractivity contribution in [1.82, 2.24) is 16.0 Å². The van der Waals surface area contributed by atoms with Crippen molar-refractivity contribution < 1.29 is 9.59 Å². The van der Waals surface area contributed by atoms with Gasteiger partial charge in [-0.1, -0.05) is 49.8 Å². The Bertz CT molecular complexity index is 524. The first-order valence-corrected chi connectivity index (χ1v) is 7.91. The molecule has 0 aliphatic rings. The molecule has 23 heavy (non-hydrogen) atoms. The van der Waals surface area contributed by atoms with E-state index in [1.807, 2.05) is 45.0 Å². The number of aryl methyl sites for hydroxylation is 1. The number of carbonyl (C=O) groups excluding carboxylic acids is 2. The number of benzene rings is 1. The van der Waals surface area contributed by atoms with Gasteiger partial charge >= 0.3 is 6.03 Å². The molecule has 1 aromatic rings. The van der Waals surface area contributed by atoms with Gasteiger partial charge in [0.25, 0.3) is 0 Å². The summed E-state index contributed by atoms with van der Waals surface area (Å²) >= 11 is 0. The summed E-state index contributed by atoms with van der Waals surface area (Å²) in [4.78, 5) is 24.1. The van der Waals surface area contributed by atoms with E-state index in [4.69, 9.17) is 0 Å². The van der Waals surface area contributed by atoms with Crippen molar-refractivity contribution in [2.75, 3.05) is 6.54 Å². The number of amides is 3. The van der Waals surface area contributed by atoms with Crippen molar-refractivity contribution in [3.8, 4) is 0 Å². The molecular weight excluding hydrogens is 290 g/mol. The third kappa shape index (κ3) is 7.49. The summed E-state index contributed by atoms with van der Waals surface area (Å²) in [5.74, 6) is 0.107. The summed E-state index contributed by atoms with van der Waals surface area (Å²) in [5, 5.41) is 8.25. The highest BCUT2D eigenvalue weighted by Gasteiger charge is 2.21. The van der Waals surface area contributed by atoms with Crippen LogP contribution in [0.15, 0.2) is 36.9 Å². The van der Waals surface area contributed by atoms with E-state index >= 15 is 0 Å². The number of hydrogen-bond donors (Lipinski definition) is 3. The lowest BCUT2D eigenvalue weighted by Crippen LogP contribution is -2.50. The summed E-state index contributed by atoms with van der Waals surface area (Å²) in [5.41, 5.74) is 2.19. The zero-order valence-electron chi connectivity index (χ0n) is 14.2. The Morgan fingerprint density at radius 3 is 2.39 bits per heavy atom. The fourth-order valence-electron chi connectivity index (χ4n) is 2.10. The van der Waals surface area contributed by atoms with Gasteiger partial charge in [-0.05, 0) is 24.8 Å². The maximum absolute atomic E-state index is 12.1. The number of urea groups is 1. The summed E-state index contributed by atoms with van der Waals surface area (Å²) in [6.45, 7) is 10.4. The molecule has 1 rings (SSSR count). The molecule has 3 amide bonds. The minimum atomic E-state index is -0.548. The highest BCUT2D eigenvalue weighted by atomic mass is 16.2. The van der Waals surface area contributed by atoms with Crippen LogP contribution in [0.2, 0.25) is 0 Å². The Kier molecular flexibility index (Phi) is 7.88. The number of hydrogen-bond acceptors (Lipinski definition) is 2. The predicted molar refractivity (Wildman–Crippen MR) is 93.0 cm³/mol. The third-order valence-corrected chi connectivity index (χ3v) is 3.32. The lowest BCUT2D eigenvalue weighted by Gasteiger charge is -2.20. The maximum atomic E-state index is 12.1. The van der Waals surface area contributed by atoms with Crippen molar-refractivity contribution in [3.63, 3.8) is 0 Å². The van der Waals surface area contributed by atoms with E-state index in [0.29, 0.717) is 25.4 Å². The molecule has 1 unspecified atom stereocenters. The zero-order chi connectivity index (χ0) is 17.2. The average Bonchev–Trinajstić information content (AvgIpc) is 2.51. The standard InChI is InChI=1S/C18H27N3O2/c1-5-10-19-17(22)16(11-13(2)3)21-18(23)20-12-15-8-6-14(4)7-9-15/h5-9,13,16H,1,10-12H2,2-4H3,(H,19,22)(H2,20,21,23). The van der Waals surface area contributed by atoms with E-state index in [2.05, 4.69) is 22.5 Å². The average molecular weight is 317 g/mol. The van der Waals surface area contributed by atoms with Crippen LogP contribution in [-0.2, 0) is 11.3 Å². The van der Waals surface area contributed by atoms with Gasteiger partial charge < -0.3 is 16.0 Å². The molecule has 0 aromatic heterocycles. The summed E-state index contributed by atoms with van der Waals surface area (Å²) in [6, 6.07) is 7.05. The van der Waals surface area contributed by atoms with Gasteiger partial charge in [-0.3, -0.25) is 4.79 Å². The maximum Gasteiger partial charge on any atom is 0.315 e. The van der Waals surface area contributed by atoms with Crippen LogP contribution in [0.1, 0.15) is 31.4 Å². The summed E-state index contributed by atoms with van der Waals surface area (Å²) in [6.07, 6.45) is 2.20. The highest BCUT2D eigenvalue weighted by molar-refractivity contribution is 5.87. The molecule has 0 aliphatic heterocycles. The van der Waals surface area contributed by atoms with Crippen molar-refractivity contribution in [1.29, 1.82) is 0 Å². The van der Waals surface area contributed by atoms with Gasteiger partial charge in [0, 0.05) is 13.1 Å². The zero-order valence-corrected chi connectivity index (χ0v) is 14.2. The first kappa shape index (κ1) is 18.7. The van der Waals surface area contributed by atoms with E-state index < -0.39 is 6.04 Å². The fraction of sp³-hybridized carbons (Fsp3) is 0.444. The van der Waals surface area contributed by atoms with Gasteiger partial charge in [0.1, 0.15) is 6.04 Å². The van der Waals surface area contributed by atoms with Crippen LogP contribution in [0.3, 0.4) is 0 Å². The first-order valence-electron chi connectivity index (χ1n) is 7.91. The summed E-state index contributed by atoms with van der Waals surface area (Å²) < 4.78 is 0. The molecule has 0 radical (unpaired) electrons. The first-order chi connectivity index (χ1) is 10.9. The molecule has 5 nitrogen and oxygen atoms in total. The molecule has 0 saturated carbocycles. The third-order valence-electron chi connectivity index (χ3n) is 3.32. The van der Waals surface area contributed by atoms with Gasteiger partial charge in [0.05, 0.1) is 0 Å². The molecule has 0 bridgehead atoms. The Labute approximate surface area is 138 Å². The van der Waals surface area contributed by atoms with Crippen molar-refractivity contribution >= 4 is 11.9 Å². The quantitative estimate of drug-likeness (QED) is 0.645. The Balaban J connectivity index is 2.52. The number of carbonyl (C=O) groups is 2. The second kappa shape index (κ2) is 9.66. The minimum Gasteiger partial charge on any atom is -0.351 e. The van der Waals surface area contributed by atoms with Crippen LogP contribution >= 0.6 is 0 Å². The SMILES string of the molecule is C=CCNC(=O)C(CC(C)C)NC(=O)NCc1ccc(C)cc1. The smallest absolute Gasteiger partial charge is 0.315 e. The minimum absolute atomic E-state index is 0.191. The number of nitrogens with one attached hydrogen (secondary N) is 3. The van der Waals surface area contributed by atoms with Crippen LogP contribution in [0, 0.1) is 12.8 Å². The topological polar surface area (TPSA) is 70.2 Å². The largest absolute Gasteiger partial charge is 0.351 e. The highest BCUT2D eigenvalue weighted by Crippen LogP contribution is 2.05. The van der Waals surface area contributed by atoms with E-state index in [1.54, 1.807) is 6.08 Å². The van der Waals surface area contributed by atoms with Crippen molar-refractivity contribution in [3.05, 3.63) is 48.0 Å². The molecule has 0 spiro atoms. The van der Waals surface area contributed by atoms with Crippen LogP contribution in [0.5, 0.6) is 0 Å². The monoisotopic (exact) mass is 317 g/mol. The van der Waals surface area contributed by atoms with Crippen LogP contribution < -0.4 is 16.0 Å². The van der Waals surface area contributed by atoms with E-state index in [-0.39, 0.29) is 11.9 Å². The second-order valence-electron chi connectivity index (χ2n) is 6.03. The lowest BCUT2D eigenvalue weighted by atomic mass is 10.0. The van der Waals surface area contributed by atoms with Crippen LogP contribution in [0.25, 0.3) is 0 Å². The Morgan fingerprint density at radius 2 is 1.83 bits per heavy atom. The van der Waals surface area contributed by atoms with Gasteiger partial charge in [-0.25, -0.2) is 4.79 Å². The van der Waals surface area contributed by atoms with E-state index in [0.717, 1.165) is 5.56 Å². The molecule has 3 N–H and O–H groups in total.